The maximum atomic E-state index is 10.9. The first-order chi connectivity index (χ1) is 6.20. The van der Waals surface area contributed by atoms with Gasteiger partial charge in [0.1, 0.15) is 0 Å². The summed E-state index contributed by atoms with van der Waals surface area (Å²) in [4.78, 5) is 10.9. The van der Waals surface area contributed by atoms with Gasteiger partial charge in [-0.15, -0.1) is 11.6 Å². The van der Waals surface area contributed by atoms with Crippen molar-refractivity contribution in [3.63, 3.8) is 0 Å². The van der Waals surface area contributed by atoms with Gasteiger partial charge in [-0.1, -0.05) is 37.4 Å². The number of halogens is 2. The monoisotopic (exact) mass is 222 g/mol. The Morgan fingerprint density at radius 1 is 1.38 bits per heavy atom. The van der Waals surface area contributed by atoms with Gasteiger partial charge in [0, 0.05) is 11.5 Å². The molecule has 3 heteroatoms. The molecule has 76 valence electrons. The molecule has 0 saturated carbocycles. The Morgan fingerprint density at radius 3 is 2.62 bits per heavy atom. The van der Waals surface area contributed by atoms with Gasteiger partial charge in [-0.3, -0.25) is 4.79 Å². The van der Waals surface area contributed by atoms with E-state index in [1.165, 1.54) is 12.8 Å². The molecule has 0 aromatic heterocycles. The first-order valence-electron chi connectivity index (χ1n) is 4.63. The summed E-state index contributed by atoms with van der Waals surface area (Å²) in [6.45, 7) is 2.16. The van der Waals surface area contributed by atoms with Crippen LogP contribution in [0.25, 0.3) is 0 Å². The van der Waals surface area contributed by atoms with E-state index in [2.05, 4.69) is 6.92 Å². The second-order valence-electron chi connectivity index (χ2n) is 3.00. The predicted molar refractivity (Wildman–Crippen MR) is 58.4 cm³/mol. The molecule has 0 aliphatic rings. The lowest BCUT2D eigenvalue weighted by Crippen LogP contribution is -1.98. The topological polar surface area (TPSA) is 17.1 Å². The van der Waals surface area contributed by atoms with Gasteiger partial charge in [0.25, 0.3) is 0 Å². The number of unbranched alkanes of at least 4 members (excludes halogenated alkanes) is 3. The van der Waals surface area contributed by atoms with Crippen LogP contribution in [-0.4, -0.2) is 11.7 Å². The number of rotatable bonds is 7. The molecule has 0 heterocycles. The Labute approximate surface area is 90.1 Å². The standard InChI is InChI=1S/C10H16Cl2O/c1-2-3-4-5-6-9(12)7-10(13)8-11/h6H,2-5,7-8H2,1H3/b9-6-. The third kappa shape index (κ3) is 8.32. The van der Waals surface area contributed by atoms with Crippen molar-refractivity contribution in [1.29, 1.82) is 0 Å². The normalized spacial score (nSPS) is 11.8. The molecule has 0 fully saturated rings. The number of ketones is 1. The highest BCUT2D eigenvalue weighted by Gasteiger charge is 2.01. The molecule has 0 atom stereocenters. The molecule has 0 unspecified atom stereocenters. The molecule has 0 saturated heterocycles. The van der Waals surface area contributed by atoms with Crippen molar-refractivity contribution in [3.05, 3.63) is 11.1 Å². The van der Waals surface area contributed by atoms with Gasteiger partial charge in [-0.05, 0) is 12.8 Å². The summed E-state index contributed by atoms with van der Waals surface area (Å²) in [5.74, 6) is 0.0392. The first kappa shape index (κ1) is 13.0. The average molecular weight is 223 g/mol. The molecular weight excluding hydrogens is 207 g/mol. The van der Waals surface area contributed by atoms with Gasteiger partial charge in [0.2, 0.25) is 0 Å². The summed E-state index contributed by atoms with van der Waals surface area (Å²) >= 11 is 11.2. The summed E-state index contributed by atoms with van der Waals surface area (Å²) < 4.78 is 0. The highest BCUT2D eigenvalue weighted by molar-refractivity contribution is 6.33. The fraction of sp³-hybridized carbons (Fsp3) is 0.700. The lowest BCUT2D eigenvalue weighted by atomic mass is 10.2. The Kier molecular flexibility index (Phi) is 8.58. The molecule has 0 aliphatic heterocycles. The summed E-state index contributed by atoms with van der Waals surface area (Å²) in [7, 11) is 0. The van der Waals surface area contributed by atoms with Crippen LogP contribution in [0.1, 0.15) is 39.0 Å². The molecule has 1 nitrogen and oxygen atoms in total. The van der Waals surface area contributed by atoms with Crippen molar-refractivity contribution in [2.75, 3.05) is 5.88 Å². The molecule has 0 aliphatic carbocycles. The maximum Gasteiger partial charge on any atom is 0.152 e. The van der Waals surface area contributed by atoms with Crippen molar-refractivity contribution >= 4 is 29.0 Å². The number of carbonyl (C=O) groups excluding carboxylic acids is 1. The van der Waals surface area contributed by atoms with Crippen molar-refractivity contribution in [2.45, 2.75) is 39.0 Å². The van der Waals surface area contributed by atoms with E-state index in [4.69, 9.17) is 23.2 Å². The fourth-order valence-electron chi connectivity index (χ4n) is 0.961. The van der Waals surface area contributed by atoms with Crippen molar-refractivity contribution < 1.29 is 4.79 Å². The second-order valence-corrected chi connectivity index (χ2v) is 3.75. The minimum Gasteiger partial charge on any atom is -0.298 e. The average Bonchev–Trinajstić information content (AvgIpc) is 2.12. The zero-order valence-electron chi connectivity index (χ0n) is 7.98. The van der Waals surface area contributed by atoms with Crippen LogP contribution in [-0.2, 0) is 4.79 Å². The van der Waals surface area contributed by atoms with Gasteiger partial charge in [0.15, 0.2) is 5.78 Å². The lowest BCUT2D eigenvalue weighted by Gasteiger charge is -1.96. The zero-order valence-corrected chi connectivity index (χ0v) is 9.50. The van der Waals surface area contributed by atoms with Gasteiger partial charge >= 0.3 is 0 Å². The fourth-order valence-corrected chi connectivity index (χ4v) is 1.31. The second kappa shape index (κ2) is 8.58. The molecule has 0 radical (unpaired) electrons. The summed E-state index contributed by atoms with van der Waals surface area (Å²) in [6, 6.07) is 0. The maximum absolute atomic E-state index is 10.9. The highest BCUT2D eigenvalue weighted by Crippen LogP contribution is 2.11. The SMILES string of the molecule is CCCCC/C=C(\Cl)CC(=O)CCl. The van der Waals surface area contributed by atoms with Gasteiger partial charge in [-0.25, -0.2) is 0 Å². The Balaban J connectivity index is 3.56. The molecule has 13 heavy (non-hydrogen) atoms. The number of alkyl halides is 1. The number of Topliss-reactive ketones (excluding diaryl/α,β-unsaturated/α-hetero) is 1. The van der Waals surface area contributed by atoms with E-state index in [1.807, 2.05) is 6.08 Å². The van der Waals surface area contributed by atoms with Crippen molar-refractivity contribution in [1.82, 2.24) is 0 Å². The Bertz CT molecular complexity index is 176. The van der Waals surface area contributed by atoms with Crippen LogP contribution < -0.4 is 0 Å². The third-order valence-corrected chi connectivity index (χ3v) is 2.27. The van der Waals surface area contributed by atoms with Gasteiger partial charge < -0.3 is 0 Å². The Morgan fingerprint density at radius 2 is 2.08 bits per heavy atom. The van der Waals surface area contributed by atoms with Crippen LogP contribution in [0.15, 0.2) is 11.1 Å². The van der Waals surface area contributed by atoms with E-state index < -0.39 is 0 Å². The van der Waals surface area contributed by atoms with E-state index in [0.29, 0.717) is 5.03 Å². The molecule has 0 rings (SSSR count). The molecule has 0 N–H and O–H groups in total. The van der Waals surface area contributed by atoms with Crippen LogP contribution in [0.2, 0.25) is 0 Å². The summed E-state index contributed by atoms with van der Waals surface area (Å²) in [6.07, 6.45) is 6.72. The molecule has 0 aromatic rings. The molecular formula is C10H16Cl2O. The van der Waals surface area contributed by atoms with Crippen LogP contribution in [0.3, 0.4) is 0 Å². The van der Waals surface area contributed by atoms with Crippen LogP contribution in [0.4, 0.5) is 0 Å². The van der Waals surface area contributed by atoms with E-state index >= 15 is 0 Å². The van der Waals surface area contributed by atoms with E-state index in [1.54, 1.807) is 0 Å². The first-order valence-corrected chi connectivity index (χ1v) is 5.54. The quantitative estimate of drug-likeness (QED) is 0.472. The largest absolute Gasteiger partial charge is 0.298 e. The third-order valence-electron chi connectivity index (χ3n) is 1.69. The predicted octanol–water partition coefficient (Wildman–Crippen LogP) is 3.89. The van der Waals surface area contributed by atoms with Crippen molar-refractivity contribution in [3.8, 4) is 0 Å². The molecule has 0 amide bonds. The molecule has 0 bridgehead atoms. The van der Waals surface area contributed by atoms with E-state index in [0.717, 1.165) is 12.8 Å². The van der Waals surface area contributed by atoms with Gasteiger partial charge in [-0.2, -0.15) is 0 Å². The van der Waals surface area contributed by atoms with Gasteiger partial charge in [0.05, 0.1) is 5.88 Å². The minimum atomic E-state index is -0.0154. The summed E-state index contributed by atoms with van der Waals surface area (Å²) in [5, 5.41) is 0.627. The zero-order chi connectivity index (χ0) is 10.1. The highest BCUT2D eigenvalue weighted by atomic mass is 35.5. The summed E-state index contributed by atoms with van der Waals surface area (Å²) in [5.41, 5.74) is 0. The number of hydrogen-bond donors (Lipinski definition) is 0. The number of allylic oxidation sites excluding steroid dienone is 2. The lowest BCUT2D eigenvalue weighted by molar-refractivity contribution is -0.116. The number of hydrogen-bond acceptors (Lipinski definition) is 1. The van der Waals surface area contributed by atoms with Crippen LogP contribution in [0.5, 0.6) is 0 Å². The van der Waals surface area contributed by atoms with Crippen molar-refractivity contribution in [2.24, 2.45) is 0 Å². The van der Waals surface area contributed by atoms with Crippen LogP contribution >= 0.6 is 23.2 Å². The smallest absolute Gasteiger partial charge is 0.152 e. The van der Waals surface area contributed by atoms with Crippen LogP contribution in [0, 0.1) is 0 Å². The van der Waals surface area contributed by atoms with E-state index in [-0.39, 0.29) is 18.1 Å². The van der Waals surface area contributed by atoms with E-state index in [9.17, 15) is 4.79 Å². The Hall–Kier alpha value is -0.0100. The molecule has 0 aromatic carbocycles. The number of carbonyl (C=O) groups is 1. The minimum absolute atomic E-state index is 0.0154. The molecule has 0 spiro atoms.